The standard InChI is InChI=1S/C22H27F4NO/c1-14-8-15(2)10-16(9-14)12-21(27,22(24,25)26)13-20(3,4)18-11-17(23)6-7-19(18)28-5/h6-11H,12-13,27H2,1-5H3. The molecule has 0 aliphatic heterocycles. The molecule has 0 aliphatic rings. The molecule has 2 N–H and O–H groups in total. The summed E-state index contributed by atoms with van der Waals surface area (Å²) < 4.78 is 61.3. The van der Waals surface area contributed by atoms with Crippen LogP contribution in [-0.4, -0.2) is 18.8 Å². The van der Waals surface area contributed by atoms with Crippen molar-refractivity contribution in [2.45, 2.75) is 57.7 Å². The van der Waals surface area contributed by atoms with Crippen LogP contribution in [0.1, 0.15) is 42.5 Å². The molecule has 6 heteroatoms. The Morgan fingerprint density at radius 1 is 0.964 bits per heavy atom. The third-order valence-electron chi connectivity index (χ3n) is 5.01. The number of hydrogen-bond acceptors (Lipinski definition) is 2. The molecule has 1 atom stereocenters. The van der Waals surface area contributed by atoms with Crippen LogP contribution in [0.3, 0.4) is 0 Å². The quantitative estimate of drug-likeness (QED) is 0.642. The highest BCUT2D eigenvalue weighted by atomic mass is 19.4. The van der Waals surface area contributed by atoms with Crippen molar-refractivity contribution in [3.8, 4) is 5.75 Å². The molecule has 2 aromatic rings. The minimum atomic E-state index is -4.64. The number of rotatable bonds is 6. The van der Waals surface area contributed by atoms with E-state index in [4.69, 9.17) is 10.5 Å². The van der Waals surface area contributed by atoms with Crippen molar-refractivity contribution in [2.24, 2.45) is 5.73 Å². The predicted molar refractivity (Wildman–Crippen MR) is 103 cm³/mol. The second-order valence-electron chi connectivity index (χ2n) is 8.23. The lowest BCUT2D eigenvalue weighted by Gasteiger charge is -2.39. The van der Waals surface area contributed by atoms with Gasteiger partial charge in [-0.15, -0.1) is 0 Å². The molecule has 0 amide bonds. The van der Waals surface area contributed by atoms with E-state index >= 15 is 0 Å². The molecule has 0 heterocycles. The lowest BCUT2D eigenvalue weighted by molar-refractivity contribution is -0.191. The zero-order valence-corrected chi connectivity index (χ0v) is 16.9. The molecule has 0 spiro atoms. The second-order valence-corrected chi connectivity index (χ2v) is 8.23. The average molecular weight is 397 g/mol. The monoisotopic (exact) mass is 397 g/mol. The van der Waals surface area contributed by atoms with E-state index in [1.165, 1.54) is 25.3 Å². The molecule has 0 saturated carbocycles. The highest BCUT2D eigenvalue weighted by molar-refractivity contribution is 5.40. The van der Waals surface area contributed by atoms with Crippen LogP contribution in [0.4, 0.5) is 17.6 Å². The molecule has 2 nitrogen and oxygen atoms in total. The molecule has 0 aromatic heterocycles. The Balaban J connectivity index is 2.47. The largest absolute Gasteiger partial charge is 0.496 e. The van der Waals surface area contributed by atoms with Crippen molar-refractivity contribution in [1.29, 1.82) is 0 Å². The number of alkyl halides is 3. The summed E-state index contributed by atoms with van der Waals surface area (Å²) in [6, 6.07) is 9.19. The van der Waals surface area contributed by atoms with Gasteiger partial charge in [-0.05, 0) is 55.9 Å². The van der Waals surface area contributed by atoms with E-state index in [9.17, 15) is 17.6 Å². The van der Waals surface area contributed by atoms with E-state index in [-0.39, 0.29) is 6.42 Å². The third-order valence-corrected chi connectivity index (χ3v) is 5.01. The summed E-state index contributed by atoms with van der Waals surface area (Å²) >= 11 is 0. The molecule has 0 bridgehead atoms. The highest BCUT2D eigenvalue weighted by Gasteiger charge is 2.54. The van der Waals surface area contributed by atoms with Crippen molar-refractivity contribution < 1.29 is 22.3 Å². The van der Waals surface area contributed by atoms with Crippen LogP contribution in [0.2, 0.25) is 0 Å². The summed E-state index contributed by atoms with van der Waals surface area (Å²) in [7, 11) is 1.40. The lowest BCUT2D eigenvalue weighted by Crippen LogP contribution is -2.58. The number of aryl methyl sites for hydroxylation is 2. The molecular formula is C22H27F4NO. The Labute approximate surface area is 163 Å². The van der Waals surface area contributed by atoms with Gasteiger partial charge in [-0.25, -0.2) is 4.39 Å². The fourth-order valence-electron chi connectivity index (χ4n) is 3.89. The number of hydrogen-bond donors (Lipinski definition) is 1. The summed E-state index contributed by atoms with van der Waals surface area (Å²) in [4.78, 5) is 0. The van der Waals surface area contributed by atoms with Gasteiger partial charge in [0.15, 0.2) is 0 Å². The molecule has 0 radical (unpaired) electrons. The number of methoxy groups -OCH3 is 1. The SMILES string of the molecule is COc1ccc(F)cc1C(C)(C)CC(N)(Cc1cc(C)cc(C)c1)C(F)(F)F. The summed E-state index contributed by atoms with van der Waals surface area (Å²) in [5.41, 5.74) is 5.09. The zero-order valence-electron chi connectivity index (χ0n) is 16.9. The van der Waals surface area contributed by atoms with Gasteiger partial charge < -0.3 is 10.5 Å². The summed E-state index contributed by atoms with van der Waals surface area (Å²) in [5.74, 6) is -0.199. The van der Waals surface area contributed by atoms with Gasteiger partial charge >= 0.3 is 6.18 Å². The minimum absolute atomic E-state index is 0.335. The van der Waals surface area contributed by atoms with Gasteiger partial charge in [0, 0.05) is 5.56 Å². The maximum absolute atomic E-state index is 14.1. The van der Waals surface area contributed by atoms with Crippen LogP contribution in [0.25, 0.3) is 0 Å². The number of halogens is 4. The smallest absolute Gasteiger partial charge is 0.406 e. The van der Waals surface area contributed by atoms with Crippen LogP contribution in [-0.2, 0) is 11.8 Å². The molecular weight excluding hydrogens is 370 g/mol. The normalized spacial score (nSPS) is 14.6. The molecule has 28 heavy (non-hydrogen) atoms. The van der Waals surface area contributed by atoms with E-state index in [2.05, 4.69) is 0 Å². The van der Waals surface area contributed by atoms with Gasteiger partial charge in [-0.2, -0.15) is 13.2 Å². The maximum atomic E-state index is 14.1. The highest BCUT2D eigenvalue weighted by Crippen LogP contribution is 2.44. The van der Waals surface area contributed by atoms with Gasteiger partial charge in [0.05, 0.1) is 7.11 Å². The maximum Gasteiger partial charge on any atom is 0.406 e. The molecule has 1 unspecified atom stereocenters. The molecule has 0 aliphatic carbocycles. The van der Waals surface area contributed by atoms with E-state index in [1.807, 2.05) is 19.9 Å². The third kappa shape index (κ3) is 4.85. The summed E-state index contributed by atoms with van der Waals surface area (Å²) in [6.07, 6.45) is -5.42. The van der Waals surface area contributed by atoms with Gasteiger partial charge in [-0.3, -0.25) is 0 Å². The Bertz CT molecular complexity index is 825. The second kappa shape index (κ2) is 7.74. The first-order chi connectivity index (χ1) is 12.8. The Morgan fingerprint density at radius 3 is 2.04 bits per heavy atom. The molecule has 0 saturated heterocycles. The van der Waals surface area contributed by atoms with Crippen molar-refractivity contribution >= 4 is 0 Å². The van der Waals surface area contributed by atoms with Crippen molar-refractivity contribution in [3.05, 3.63) is 64.5 Å². The van der Waals surface area contributed by atoms with E-state index in [0.717, 1.165) is 11.1 Å². The first-order valence-corrected chi connectivity index (χ1v) is 9.04. The molecule has 2 rings (SSSR count). The Hall–Kier alpha value is -2.08. The minimum Gasteiger partial charge on any atom is -0.496 e. The molecule has 2 aromatic carbocycles. The van der Waals surface area contributed by atoms with E-state index < -0.39 is 29.4 Å². The van der Waals surface area contributed by atoms with Crippen LogP contribution in [0, 0.1) is 19.7 Å². The lowest BCUT2D eigenvalue weighted by atomic mass is 9.71. The van der Waals surface area contributed by atoms with Crippen LogP contribution >= 0.6 is 0 Å². The van der Waals surface area contributed by atoms with Crippen molar-refractivity contribution in [3.63, 3.8) is 0 Å². The number of nitrogens with two attached hydrogens (primary N) is 1. The van der Waals surface area contributed by atoms with Gasteiger partial charge in [0.25, 0.3) is 0 Å². The summed E-state index contributed by atoms with van der Waals surface area (Å²) in [6.45, 7) is 6.92. The van der Waals surface area contributed by atoms with Crippen LogP contribution in [0.5, 0.6) is 5.75 Å². The first kappa shape index (κ1) is 22.2. The first-order valence-electron chi connectivity index (χ1n) is 9.04. The Kier molecular flexibility index (Phi) is 6.14. The predicted octanol–water partition coefficient (Wildman–Crippen LogP) is 5.62. The van der Waals surface area contributed by atoms with Gasteiger partial charge in [-0.1, -0.05) is 43.2 Å². The van der Waals surface area contributed by atoms with Gasteiger partial charge in [0.2, 0.25) is 0 Å². The zero-order chi connectivity index (χ0) is 21.3. The topological polar surface area (TPSA) is 35.2 Å². The fraction of sp³-hybridized carbons (Fsp3) is 0.455. The van der Waals surface area contributed by atoms with E-state index in [0.29, 0.717) is 16.9 Å². The molecule has 154 valence electrons. The van der Waals surface area contributed by atoms with Crippen molar-refractivity contribution in [2.75, 3.05) is 7.11 Å². The Morgan fingerprint density at radius 2 is 1.54 bits per heavy atom. The average Bonchev–Trinajstić information content (AvgIpc) is 2.52. The fourth-order valence-corrected chi connectivity index (χ4v) is 3.89. The number of ether oxygens (including phenoxy) is 1. The molecule has 0 fully saturated rings. The number of benzene rings is 2. The van der Waals surface area contributed by atoms with Gasteiger partial charge in [0.1, 0.15) is 17.1 Å². The van der Waals surface area contributed by atoms with Crippen LogP contribution < -0.4 is 10.5 Å². The van der Waals surface area contributed by atoms with Crippen LogP contribution in [0.15, 0.2) is 36.4 Å². The van der Waals surface area contributed by atoms with Crippen molar-refractivity contribution in [1.82, 2.24) is 0 Å². The van der Waals surface area contributed by atoms with E-state index in [1.54, 1.807) is 26.0 Å². The summed E-state index contributed by atoms with van der Waals surface area (Å²) in [5, 5.41) is 0.